The first kappa shape index (κ1) is 12.1. The lowest BCUT2D eigenvalue weighted by molar-refractivity contribution is -0.138. The molecule has 0 fully saturated rings. The van der Waals surface area contributed by atoms with E-state index in [2.05, 4.69) is 5.32 Å². The van der Waals surface area contributed by atoms with Crippen molar-refractivity contribution in [2.24, 2.45) is 0 Å². The van der Waals surface area contributed by atoms with Gasteiger partial charge >= 0.3 is 5.97 Å². The van der Waals surface area contributed by atoms with Crippen LogP contribution >= 0.6 is 11.8 Å². The van der Waals surface area contributed by atoms with E-state index in [4.69, 9.17) is 5.11 Å². The molecule has 2 N–H and O–H groups in total. The van der Waals surface area contributed by atoms with Crippen molar-refractivity contribution in [3.8, 4) is 0 Å². The summed E-state index contributed by atoms with van der Waals surface area (Å²) in [5, 5.41) is 11.6. The van der Waals surface area contributed by atoms with Crippen molar-refractivity contribution in [1.29, 1.82) is 0 Å². The van der Waals surface area contributed by atoms with Gasteiger partial charge in [-0.25, -0.2) is 0 Å². The van der Waals surface area contributed by atoms with Gasteiger partial charge in [0, 0.05) is 17.2 Å². The van der Waals surface area contributed by atoms with Crippen LogP contribution in [0.4, 0.5) is 0 Å². The Balaban J connectivity index is 2.15. The topological polar surface area (TPSA) is 49.3 Å². The maximum absolute atomic E-state index is 10.5. The quantitative estimate of drug-likeness (QED) is 0.573. The fraction of sp³-hybridized carbons (Fsp3) is 0.364. The zero-order chi connectivity index (χ0) is 11.1. The lowest BCUT2D eigenvalue weighted by Gasteiger charge is -2.08. The highest BCUT2D eigenvalue weighted by atomic mass is 32.2. The van der Waals surface area contributed by atoms with Gasteiger partial charge < -0.3 is 10.4 Å². The normalized spacial score (nSPS) is 12.3. The highest BCUT2D eigenvalue weighted by Gasteiger charge is 2.08. The van der Waals surface area contributed by atoms with Crippen molar-refractivity contribution < 1.29 is 9.90 Å². The third-order valence-electron chi connectivity index (χ3n) is 1.93. The molecule has 0 radical (unpaired) electrons. The standard InChI is InChI=1S/C11H15NO2S/c1-9(11(13)14)12-7-8-15-10-5-3-2-4-6-10/h2-6,9,12H,7-8H2,1H3,(H,13,14)/t9-/m0/s1. The second-order valence-corrected chi connectivity index (χ2v) is 4.34. The molecule has 1 aromatic carbocycles. The van der Waals surface area contributed by atoms with Crippen molar-refractivity contribution in [1.82, 2.24) is 5.32 Å². The van der Waals surface area contributed by atoms with Gasteiger partial charge in [-0.2, -0.15) is 0 Å². The van der Waals surface area contributed by atoms with Gasteiger partial charge in [0.1, 0.15) is 6.04 Å². The highest BCUT2D eigenvalue weighted by molar-refractivity contribution is 7.99. The summed E-state index contributed by atoms with van der Waals surface area (Å²) in [6, 6.07) is 9.60. The molecule has 3 nitrogen and oxygen atoms in total. The Kier molecular flexibility index (Phi) is 5.21. The van der Waals surface area contributed by atoms with Crippen LogP contribution in [-0.2, 0) is 4.79 Å². The minimum Gasteiger partial charge on any atom is -0.480 e. The van der Waals surface area contributed by atoms with Crippen LogP contribution in [-0.4, -0.2) is 29.4 Å². The van der Waals surface area contributed by atoms with E-state index in [-0.39, 0.29) is 0 Å². The summed E-state index contributed by atoms with van der Waals surface area (Å²) in [5.74, 6) is 0.0708. The van der Waals surface area contributed by atoms with E-state index in [0.29, 0.717) is 6.54 Å². The fourth-order valence-corrected chi connectivity index (χ4v) is 1.85. The molecule has 0 amide bonds. The van der Waals surface area contributed by atoms with Crippen LogP contribution in [0.15, 0.2) is 35.2 Å². The molecule has 0 saturated heterocycles. The molecule has 15 heavy (non-hydrogen) atoms. The average molecular weight is 225 g/mol. The summed E-state index contributed by atoms with van der Waals surface area (Å²) in [6.45, 7) is 2.35. The number of rotatable bonds is 6. The molecule has 1 aromatic rings. The molecule has 82 valence electrons. The van der Waals surface area contributed by atoms with Crippen LogP contribution in [0.3, 0.4) is 0 Å². The summed E-state index contributed by atoms with van der Waals surface area (Å²) in [6.07, 6.45) is 0. The number of carbonyl (C=O) groups is 1. The second kappa shape index (κ2) is 6.48. The smallest absolute Gasteiger partial charge is 0.320 e. The van der Waals surface area contributed by atoms with Gasteiger partial charge in [-0.05, 0) is 19.1 Å². The van der Waals surface area contributed by atoms with Gasteiger partial charge in [0.15, 0.2) is 0 Å². The van der Waals surface area contributed by atoms with Crippen LogP contribution < -0.4 is 5.32 Å². The van der Waals surface area contributed by atoms with Gasteiger partial charge in [-0.3, -0.25) is 4.79 Å². The minimum atomic E-state index is -0.806. The lowest BCUT2D eigenvalue weighted by atomic mass is 10.3. The predicted molar refractivity (Wildman–Crippen MR) is 62.3 cm³/mol. The van der Waals surface area contributed by atoms with Crippen molar-refractivity contribution in [2.75, 3.05) is 12.3 Å². The third-order valence-corrected chi connectivity index (χ3v) is 2.95. The maximum atomic E-state index is 10.5. The summed E-state index contributed by atoms with van der Waals surface area (Å²) >= 11 is 1.72. The molecule has 0 heterocycles. The SMILES string of the molecule is C[C@H](NCCSc1ccccc1)C(=O)O. The van der Waals surface area contributed by atoms with E-state index in [1.54, 1.807) is 18.7 Å². The summed E-state index contributed by atoms with van der Waals surface area (Å²) in [4.78, 5) is 11.7. The Morgan fingerprint density at radius 2 is 2.13 bits per heavy atom. The zero-order valence-electron chi connectivity index (χ0n) is 8.64. The summed E-state index contributed by atoms with van der Waals surface area (Å²) in [5.41, 5.74) is 0. The van der Waals surface area contributed by atoms with E-state index in [9.17, 15) is 4.79 Å². The van der Waals surface area contributed by atoms with Gasteiger partial charge in [-0.15, -0.1) is 11.8 Å². The molecule has 0 aliphatic carbocycles. The number of hydrogen-bond donors (Lipinski definition) is 2. The van der Waals surface area contributed by atoms with Crippen molar-refractivity contribution in [3.63, 3.8) is 0 Å². The van der Waals surface area contributed by atoms with E-state index in [1.165, 1.54) is 4.90 Å². The van der Waals surface area contributed by atoms with Gasteiger partial charge in [0.25, 0.3) is 0 Å². The molecule has 0 spiro atoms. The molecule has 0 aromatic heterocycles. The largest absolute Gasteiger partial charge is 0.480 e. The van der Waals surface area contributed by atoms with Crippen molar-refractivity contribution >= 4 is 17.7 Å². The van der Waals surface area contributed by atoms with Crippen LogP contribution in [0.1, 0.15) is 6.92 Å². The number of nitrogens with one attached hydrogen (secondary N) is 1. The number of carboxylic acids is 1. The molecule has 1 atom stereocenters. The minimum absolute atomic E-state index is 0.471. The van der Waals surface area contributed by atoms with Crippen molar-refractivity contribution in [2.45, 2.75) is 17.9 Å². The number of hydrogen-bond acceptors (Lipinski definition) is 3. The molecule has 0 aliphatic rings. The maximum Gasteiger partial charge on any atom is 0.320 e. The molecule has 0 aliphatic heterocycles. The molecular weight excluding hydrogens is 210 g/mol. The Morgan fingerprint density at radius 1 is 1.47 bits per heavy atom. The Morgan fingerprint density at radius 3 is 2.73 bits per heavy atom. The Bertz CT molecular complexity index is 303. The van der Waals surface area contributed by atoms with Gasteiger partial charge in [-0.1, -0.05) is 18.2 Å². The van der Waals surface area contributed by atoms with Gasteiger partial charge in [0.2, 0.25) is 0 Å². The highest BCUT2D eigenvalue weighted by Crippen LogP contribution is 2.15. The number of aliphatic carboxylic acids is 1. The van der Waals surface area contributed by atoms with Crippen LogP contribution in [0, 0.1) is 0 Å². The predicted octanol–water partition coefficient (Wildman–Crippen LogP) is 1.84. The Hall–Kier alpha value is -1.00. The molecule has 1 rings (SSSR count). The number of thioether (sulfide) groups is 1. The first-order valence-corrected chi connectivity index (χ1v) is 5.83. The first-order chi connectivity index (χ1) is 7.20. The van der Waals surface area contributed by atoms with Crippen LogP contribution in [0.25, 0.3) is 0 Å². The number of carboxylic acid groups (broad SMARTS) is 1. The molecule has 0 bridgehead atoms. The molecular formula is C11H15NO2S. The number of benzene rings is 1. The molecule has 4 heteroatoms. The molecule has 0 unspecified atom stereocenters. The van der Waals surface area contributed by atoms with Crippen LogP contribution in [0.5, 0.6) is 0 Å². The fourth-order valence-electron chi connectivity index (χ4n) is 1.05. The van der Waals surface area contributed by atoms with Crippen LogP contribution in [0.2, 0.25) is 0 Å². The van der Waals surface area contributed by atoms with E-state index in [0.717, 1.165) is 5.75 Å². The second-order valence-electron chi connectivity index (χ2n) is 3.18. The van der Waals surface area contributed by atoms with E-state index < -0.39 is 12.0 Å². The third kappa shape index (κ3) is 4.85. The summed E-state index contributed by atoms with van der Waals surface area (Å²) < 4.78 is 0. The zero-order valence-corrected chi connectivity index (χ0v) is 9.46. The lowest BCUT2D eigenvalue weighted by Crippen LogP contribution is -2.35. The average Bonchev–Trinajstić information content (AvgIpc) is 2.25. The summed E-state index contributed by atoms with van der Waals surface area (Å²) in [7, 11) is 0. The first-order valence-electron chi connectivity index (χ1n) is 4.84. The monoisotopic (exact) mass is 225 g/mol. The van der Waals surface area contributed by atoms with Gasteiger partial charge in [0.05, 0.1) is 0 Å². The molecule has 0 saturated carbocycles. The van der Waals surface area contributed by atoms with Crippen molar-refractivity contribution in [3.05, 3.63) is 30.3 Å². The Labute approximate surface area is 93.9 Å². The van der Waals surface area contributed by atoms with E-state index >= 15 is 0 Å². The van der Waals surface area contributed by atoms with E-state index in [1.807, 2.05) is 30.3 Å².